The molecule has 0 radical (unpaired) electrons. The number of piperazine rings is 1. The van der Waals surface area contributed by atoms with Crippen LogP contribution < -0.4 is 0 Å². The zero-order chi connectivity index (χ0) is 17.3. The quantitative estimate of drug-likeness (QED) is 0.815. The van der Waals surface area contributed by atoms with Gasteiger partial charge in [-0.1, -0.05) is 0 Å². The van der Waals surface area contributed by atoms with Gasteiger partial charge in [0.2, 0.25) is 10.0 Å². The van der Waals surface area contributed by atoms with Crippen LogP contribution in [0.3, 0.4) is 0 Å². The molecule has 0 bridgehead atoms. The number of amides is 1. The summed E-state index contributed by atoms with van der Waals surface area (Å²) in [6, 6.07) is 3.66. The van der Waals surface area contributed by atoms with Crippen LogP contribution in [-0.2, 0) is 19.6 Å². The number of carbonyl (C=O) groups excluding carboxylic acids is 1. The summed E-state index contributed by atoms with van der Waals surface area (Å²) in [6.45, 7) is 3.34. The summed E-state index contributed by atoms with van der Waals surface area (Å²) in [4.78, 5) is 14.1. The van der Waals surface area contributed by atoms with Crippen LogP contribution in [0.5, 0.6) is 0 Å². The van der Waals surface area contributed by atoms with E-state index in [0.717, 1.165) is 18.9 Å². The van der Waals surface area contributed by atoms with Crippen molar-refractivity contribution in [1.82, 2.24) is 9.21 Å². The first kappa shape index (κ1) is 17.3. The molecule has 24 heavy (non-hydrogen) atoms. The molecule has 1 aromatic rings. The van der Waals surface area contributed by atoms with Gasteiger partial charge in [0.15, 0.2) is 0 Å². The number of aryl methyl sites for hydroxylation is 1. The Morgan fingerprint density at radius 3 is 2.54 bits per heavy atom. The number of ether oxygens (including phenoxy) is 1. The fourth-order valence-electron chi connectivity index (χ4n) is 3.17. The average Bonchev–Trinajstić information content (AvgIpc) is 3.08. The summed E-state index contributed by atoms with van der Waals surface area (Å²) in [6.07, 6.45) is 1.23. The highest BCUT2D eigenvalue weighted by Gasteiger charge is 2.34. The molecule has 2 heterocycles. The van der Waals surface area contributed by atoms with Crippen LogP contribution in [0.2, 0.25) is 0 Å². The number of rotatable bonds is 3. The normalized spacial score (nSPS) is 22.8. The lowest BCUT2D eigenvalue weighted by Crippen LogP contribution is -2.52. The van der Waals surface area contributed by atoms with Gasteiger partial charge in [-0.15, -0.1) is 0 Å². The van der Waals surface area contributed by atoms with Crippen LogP contribution >= 0.6 is 0 Å². The van der Waals surface area contributed by atoms with E-state index in [2.05, 4.69) is 0 Å². The number of sulfonamides is 1. The van der Waals surface area contributed by atoms with Crippen molar-refractivity contribution in [3.8, 4) is 0 Å². The van der Waals surface area contributed by atoms with Crippen LogP contribution in [0.4, 0.5) is 4.39 Å². The predicted octanol–water partition coefficient (Wildman–Crippen LogP) is 1.15. The molecule has 8 heteroatoms. The van der Waals surface area contributed by atoms with Gasteiger partial charge in [0.25, 0.3) is 5.91 Å². The highest BCUT2D eigenvalue weighted by Crippen LogP contribution is 2.23. The van der Waals surface area contributed by atoms with E-state index in [4.69, 9.17) is 4.74 Å². The molecule has 0 saturated carbocycles. The second-order valence-corrected chi connectivity index (χ2v) is 8.05. The van der Waals surface area contributed by atoms with E-state index in [9.17, 15) is 17.6 Å². The topological polar surface area (TPSA) is 66.9 Å². The minimum absolute atomic E-state index is 0.0532. The fraction of sp³-hybridized carbons (Fsp3) is 0.562. The number of hydrogen-bond acceptors (Lipinski definition) is 4. The summed E-state index contributed by atoms with van der Waals surface area (Å²) < 4.78 is 45.4. The molecule has 2 aliphatic heterocycles. The van der Waals surface area contributed by atoms with Crippen LogP contribution in [0.25, 0.3) is 0 Å². The molecule has 3 rings (SSSR count). The first-order valence-electron chi connectivity index (χ1n) is 8.06. The molecule has 0 unspecified atom stereocenters. The first-order valence-corrected chi connectivity index (χ1v) is 9.50. The van der Waals surface area contributed by atoms with Crippen LogP contribution in [0.1, 0.15) is 18.4 Å². The van der Waals surface area contributed by atoms with Crippen molar-refractivity contribution in [2.75, 3.05) is 32.8 Å². The van der Waals surface area contributed by atoms with Gasteiger partial charge in [-0.25, -0.2) is 12.8 Å². The lowest BCUT2D eigenvalue weighted by Gasteiger charge is -2.35. The van der Waals surface area contributed by atoms with E-state index in [1.165, 1.54) is 16.4 Å². The van der Waals surface area contributed by atoms with Crippen LogP contribution in [-0.4, -0.2) is 62.4 Å². The second kappa shape index (κ2) is 6.78. The van der Waals surface area contributed by atoms with Crippen molar-refractivity contribution >= 4 is 15.9 Å². The van der Waals surface area contributed by atoms with Gasteiger partial charge < -0.3 is 9.64 Å². The summed E-state index contributed by atoms with van der Waals surface area (Å²) >= 11 is 0. The minimum atomic E-state index is -3.68. The molecule has 132 valence electrons. The molecular formula is C16H21FN2O4S. The van der Waals surface area contributed by atoms with Gasteiger partial charge >= 0.3 is 0 Å². The molecular weight excluding hydrogens is 335 g/mol. The first-order chi connectivity index (χ1) is 11.4. The van der Waals surface area contributed by atoms with Crippen molar-refractivity contribution in [1.29, 1.82) is 0 Å². The molecule has 6 nitrogen and oxygen atoms in total. The Morgan fingerprint density at radius 2 is 1.96 bits per heavy atom. The predicted molar refractivity (Wildman–Crippen MR) is 85.4 cm³/mol. The Labute approximate surface area is 141 Å². The van der Waals surface area contributed by atoms with E-state index in [0.29, 0.717) is 25.3 Å². The van der Waals surface area contributed by atoms with Crippen LogP contribution in [0, 0.1) is 12.7 Å². The molecule has 0 N–H and O–H groups in total. The number of hydrogen-bond donors (Lipinski definition) is 0. The molecule has 1 amide bonds. The maximum absolute atomic E-state index is 13.2. The third kappa shape index (κ3) is 3.31. The minimum Gasteiger partial charge on any atom is -0.368 e. The standard InChI is InChI=1S/C16H21FN2O4S/c1-12-11-13(17)4-5-15(12)24(21,22)19-8-6-18(7-9-19)16(20)14-3-2-10-23-14/h4-5,11,14H,2-3,6-10H2,1H3/t14-/m1/s1. The van der Waals surface area contributed by atoms with Gasteiger partial charge in [-0.05, 0) is 43.5 Å². The molecule has 0 spiro atoms. The molecule has 2 aliphatic rings. The maximum Gasteiger partial charge on any atom is 0.251 e. The van der Waals surface area contributed by atoms with E-state index >= 15 is 0 Å². The smallest absolute Gasteiger partial charge is 0.251 e. The Morgan fingerprint density at radius 1 is 1.25 bits per heavy atom. The van der Waals surface area contributed by atoms with Gasteiger partial charge in [-0.2, -0.15) is 4.31 Å². The van der Waals surface area contributed by atoms with Crippen molar-refractivity contribution in [2.24, 2.45) is 0 Å². The third-order valence-corrected chi connectivity index (χ3v) is 6.57. The Hall–Kier alpha value is -1.51. The molecule has 0 aliphatic carbocycles. The maximum atomic E-state index is 13.2. The lowest BCUT2D eigenvalue weighted by molar-refractivity contribution is -0.142. The van der Waals surface area contributed by atoms with Gasteiger partial charge in [0.05, 0.1) is 4.90 Å². The van der Waals surface area contributed by atoms with Crippen molar-refractivity contribution in [3.63, 3.8) is 0 Å². The van der Waals surface area contributed by atoms with Crippen molar-refractivity contribution < 1.29 is 22.3 Å². The zero-order valence-corrected chi connectivity index (χ0v) is 14.4. The van der Waals surface area contributed by atoms with Crippen molar-refractivity contribution in [3.05, 3.63) is 29.6 Å². The number of halogens is 1. The Balaban J connectivity index is 1.68. The summed E-state index contributed by atoms with van der Waals surface area (Å²) in [5, 5.41) is 0. The van der Waals surface area contributed by atoms with E-state index in [1.807, 2.05) is 0 Å². The molecule has 2 saturated heterocycles. The SMILES string of the molecule is Cc1cc(F)ccc1S(=O)(=O)N1CCN(C(=O)[C@H]2CCCO2)CC1. The summed E-state index contributed by atoms with van der Waals surface area (Å²) in [5.74, 6) is -0.513. The monoisotopic (exact) mass is 356 g/mol. The summed E-state index contributed by atoms with van der Waals surface area (Å²) in [5.41, 5.74) is 0.382. The Kier molecular flexibility index (Phi) is 4.89. The lowest BCUT2D eigenvalue weighted by atomic mass is 10.2. The van der Waals surface area contributed by atoms with Gasteiger partial charge in [-0.3, -0.25) is 4.79 Å². The van der Waals surface area contributed by atoms with Gasteiger partial charge in [0.1, 0.15) is 11.9 Å². The molecule has 1 atom stereocenters. The average molecular weight is 356 g/mol. The molecule has 2 fully saturated rings. The third-order valence-electron chi connectivity index (χ3n) is 4.51. The van der Waals surface area contributed by atoms with E-state index in [1.54, 1.807) is 11.8 Å². The van der Waals surface area contributed by atoms with E-state index < -0.39 is 15.8 Å². The zero-order valence-electron chi connectivity index (χ0n) is 13.6. The largest absolute Gasteiger partial charge is 0.368 e. The highest BCUT2D eigenvalue weighted by atomic mass is 32.2. The Bertz CT molecular complexity index is 724. The van der Waals surface area contributed by atoms with E-state index in [-0.39, 0.29) is 30.0 Å². The fourth-order valence-corrected chi connectivity index (χ4v) is 4.79. The van der Waals surface area contributed by atoms with Crippen molar-refractivity contribution in [2.45, 2.75) is 30.8 Å². The van der Waals surface area contributed by atoms with Gasteiger partial charge in [0, 0.05) is 32.8 Å². The number of nitrogens with zero attached hydrogens (tertiary/aromatic N) is 2. The molecule has 0 aromatic heterocycles. The summed E-state index contributed by atoms with van der Waals surface area (Å²) in [7, 11) is -3.68. The number of benzene rings is 1. The second-order valence-electron chi connectivity index (χ2n) is 6.14. The van der Waals surface area contributed by atoms with Crippen LogP contribution in [0.15, 0.2) is 23.1 Å². The number of carbonyl (C=O) groups is 1. The molecule has 1 aromatic carbocycles. The highest BCUT2D eigenvalue weighted by molar-refractivity contribution is 7.89.